The minimum absolute atomic E-state index is 0.0519. The first kappa shape index (κ1) is 22.7. The van der Waals surface area contributed by atoms with E-state index < -0.39 is 6.04 Å². The Bertz CT molecular complexity index is 983. The topological polar surface area (TPSA) is 61.9 Å². The number of likely N-dealkylation sites (N-methyl/N-ethyl adjacent to an activating group) is 1. The van der Waals surface area contributed by atoms with Gasteiger partial charge in [0.2, 0.25) is 5.91 Å². The lowest BCUT2D eigenvalue weighted by Gasteiger charge is -2.30. The van der Waals surface area contributed by atoms with Gasteiger partial charge in [0, 0.05) is 35.7 Å². The van der Waals surface area contributed by atoms with Gasteiger partial charge in [0.05, 0.1) is 12.6 Å². The van der Waals surface area contributed by atoms with E-state index >= 15 is 0 Å². The number of rotatable bonds is 4. The molecule has 8 heteroatoms. The highest BCUT2D eigenvalue weighted by Gasteiger charge is 2.36. The largest absolute Gasteiger partial charge is 0.493 e. The van der Waals surface area contributed by atoms with Crippen molar-refractivity contribution in [1.29, 1.82) is 0 Å². The Kier molecular flexibility index (Phi) is 7.11. The highest BCUT2D eigenvalue weighted by atomic mass is 35.5. The molecule has 3 amide bonds. The third-order valence-electron chi connectivity index (χ3n) is 6.05. The highest BCUT2D eigenvalue weighted by Crippen LogP contribution is 2.34. The number of hydrogen-bond acceptors (Lipinski definition) is 3. The van der Waals surface area contributed by atoms with Crippen molar-refractivity contribution in [2.24, 2.45) is 0 Å². The quantitative estimate of drug-likeness (QED) is 0.673. The summed E-state index contributed by atoms with van der Waals surface area (Å²) in [7, 11) is 1.77. The molecule has 32 heavy (non-hydrogen) atoms. The Morgan fingerprint density at radius 3 is 2.62 bits per heavy atom. The summed E-state index contributed by atoms with van der Waals surface area (Å²) in [6, 6.07) is 12.1. The Morgan fingerprint density at radius 1 is 1.09 bits per heavy atom. The zero-order chi connectivity index (χ0) is 22.7. The number of nitrogens with zero attached hydrogens (tertiary/aromatic N) is 2. The van der Waals surface area contributed by atoms with Crippen LogP contribution < -0.4 is 10.1 Å². The number of carbonyl (C=O) groups is 2. The third-order valence-corrected chi connectivity index (χ3v) is 6.54. The van der Waals surface area contributed by atoms with Gasteiger partial charge in [0.25, 0.3) is 0 Å². The molecule has 2 aromatic carbocycles. The summed E-state index contributed by atoms with van der Waals surface area (Å²) in [5, 5.41) is 4.40. The van der Waals surface area contributed by atoms with Crippen molar-refractivity contribution in [3.05, 3.63) is 63.6 Å². The van der Waals surface area contributed by atoms with Crippen LogP contribution in [-0.2, 0) is 11.3 Å². The van der Waals surface area contributed by atoms with Gasteiger partial charge in [-0.3, -0.25) is 4.79 Å². The number of carbonyl (C=O) groups excluding carboxylic acids is 2. The van der Waals surface area contributed by atoms with E-state index in [1.165, 1.54) is 0 Å². The molecule has 2 aliphatic heterocycles. The van der Waals surface area contributed by atoms with Gasteiger partial charge in [-0.15, -0.1) is 0 Å². The number of amides is 3. The van der Waals surface area contributed by atoms with Crippen molar-refractivity contribution in [2.75, 3.05) is 20.2 Å². The maximum absolute atomic E-state index is 13.2. The van der Waals surface area contributed by atoms with E-state index in [0.29, 0.717) is 41.9 Å². The molecule has 0 aromatic heterocycles. The molecule has 0 saturated carbocycles. The van der Waals surface area contributed by atoms with Crippen LogP contribution in [0.15, 0.2) is 42.5 Å². The van der Waals surface area contributed by atoms with E-state index in [0.717, 1.165) is 30.4 Å². The van der Waals surface area contributed by atoms with Crippen molar-refractivity contribution in [2.45, 2.75) is 44.3 Å². The van der Waals surface area contributed by atoms with Crippen molar-refractivity contribution in [3.63, 3.8) is 0 Å². The van der Waals surface area contributed by atoms with Gasteiger partial charge in [-0.05, 0) is 55.5 Å². The van der Waals surface area contributed by atoms with Crippen molar-refractivity contribution >= 4 is 35.1 Å². The van der Waals surface area contributed by atoms with Gasteiger partial charge >= 0.3 is 6.03 Å². The second-order valence-corrected chi connectivity index (χ2v) is 9.22. The van der Waals surface area contributed by atoms with Crippen LogP contribution in [0, 0.1) is 0 Å². The predicted octanol–water partition coefficient (Wildman–Crippen LogP) is 5.04. The second-order valence-electron chi connectivity index (χ2n) is 8.35. The van der Waals surface area contributed by atoms with Crippen molar-refractivity contribution in [3.8, 4) is 5.75 Å². The lowest BCUT2D eigenvalue weighted by molar-refractivity contribution is -0.134. The summed E-state index contributed by atoms with van der Waals surface area (Å²) in [6.07, 6.45) is 3.06. The minimum Gasteiger partial charge on any atom is -0.493 e. The molecule has 0 spiro atoms. The van der Waals surface area contributed by atoms with Gasteiger partial charge in [0.1, 0.15) is 11.8 Å². The first-order valence-corrected chi connectivity index (χ1v) is 11.7. The molecule has 1 fully saturated rings. The molecule has 0 bridgehead atoms. The molecule has 2 aromatic rings. The maximum Gasteiger partial charge on any atom is 0.318 e. The Hall–Kier alpha value is -2.44. The zero-order valence-electron chi connectivity index (χ0n) is 18.0. The number of likely N-dealkylation sites (tertiary alicyclic amines) is 1. The van der Waals surface area contributed by atoms with Crippen LogP contribution in [-0.4, -0.2) is 48.0 Å². The fourth-order valence-corrected chi connectivity index (χ4v) is 4.68. The number of halogens is 2. The summed E-state index contributed by atoms with van der Waals surface area (Å²) in [5.41, 5.74) is 1.91. The minimum atomic E-state index is -0.459. The zero-order valence-corrected chi connectivity index (χ0v) is 19.5. The molecule has 2 atom stereocenters. The lowest BCUT2D eigenvalue weighted by atomic mass is 10.0. The first-order chi connectivity index (χ1) is 15.4. The van der Waals surface area contributed by atoms with E-state index in [9.17, 15) is 9.59 Å². The van der Waals surface area contributed by atoms with Crippen LogP contribution >= 0.6 is 23.2 Å². The average molecular weight is 476 g/mol. The summed E-state index contributed by atoms with van der Waals surface area (Å²) in [4.78, 5) is 29.7. The van der Waals surface area contributed by atoms with Crippen LogP contribution in [0.4, 0.5) is 4.79 Å². The van der Waals surface area contributed by atoms with E-state index in [1.807, 2.05) is 36.4 Å². The number of urea groups is 1. The molecule has 2 heterocycles. The van der Waals surface area contributed by atoms with Crippen molar-refractivity contribution < 1.29 is 14.3 Å². The molecule has 1 saturated heterocycles. The highest BCUT2D eigenvalue weighted by molar-refractivity contribution is 6.30. The number of benzene rings is 2. The van der Waals surface area contributed by atoms with E-state index in [4.69, 9.17) is 27.9 Å². The summed E-state index contributed by atoms with van der Waals surface area (Å²) < 4.78 is 5.80. The molecular weight excluding hydrogens is 449 g/mol. The van der Waals surface area contributed by atoms with E-state index in [-0.39, 0.29) is 18.0 Å². The molecule has 170 valence electrons. The number of hydrogen-bond donors (Lipinski definition) is 1. The molecule has 2 aliphatic rings. The smallest absolute Gasteiger partial charge is 0.318 e. The molecular formula is C24H27Cl2N3O3. The number of ether oxygens (including phenoxy) is 1. The number of fused-ring (bicyclic) bond motifs is 1. The SMILES string of the molecule is CN(Cc1ccc(Cl)cc1)C(=O)[C@H]1CCCN1C(=O)NC1CCCOc2cc(Cl)ccc21. The van der Waals surface area contributed by atoms with Crippen molar-refractivity contribution in [1.82, 2.24) is 15.1 Å². The second kappa shape index (κ2) is 10.0. The average Bonchev–Trinajstić information content (AvgIpc) is 3.19. The molecule has 1 N–H and O–H groups in total. The molecule has 0 aliphatic carbocycles. The Balaban J connectivity index is 1.43. The molecule has 6 nitrogen and oxygen atoms in total. The predicted molar refractivity (Wildman–Crippen MR) is 125 cm³/mol. The van der Waals surface area contributed by atoms with Crippen LogP contribution in [0.5, 0.6) is 5.75 Å². The van der Waals surface area contributed by atoms with E-state index in [1.54, 1.807) is 22.9 Å². The van der Waals surface area contributed by atoms with Gasteiger partial charge < -0.3 is 19.9 Å². The van der Waals surface area contributed by atoms with Gasteiger partial charge in [-0.25, -0.2) is 4.79 Å². The summed E-state index contributed by atoms with van der Waals surface area (Å²) >= 11 is 12.1. The standard InChI is InChI=1S/C24H27Cl2N3O3/c1-28(15-16-6-8-17(25)9-7-16)23(30)21-5-2-12-29(21)24(31)27-20-4-3-13-32-22-14-18(26)10-11-19(20)22/h6-11,14,20-21H,2-5,12-13,15H2,1H3,(H,27,31)/t20?,21-/m1/s1. The lowest BCUT2D eigenvalue weighted by Crippen LogP contribution is -2.50. The Morgan fingerprint density at radius 2 is 1.84 bits per heavy atom. The van der Waals surface area contributed by atoms with Crippen LogP contribution in [0.25, 0.3) is 0 Å². The maximum atomic E-state index is 13.2. The fraction of sp³-hybridized carbons (Fsp3) is 0.417. The monoisotopic (exact) mass is 475 g/mol. The van der Waals surface area contributed by atoms with Crippen LogP contribution in [0.1, 0.15) is 42.9 Å². The fourth-order valence-electron chi connectivity index (χ4n) is 4.39. The van der Waals surface area contributed by atoms with Gasteiger partial charge in [-0.1, -0.05) is 41.4 Å². The third kappa shape index (κ3) is 5.13. The first-order valence-electron chi connectivity index (χ1n) is 10.9. The molecule has 0 radical (unpaired) electrons. The van der Waals surface area contributed by atoms with E-state index in [2.05, 4.69) is 5.32 Å². The molecule has 4 rings (SSSR count). The number of nitrogens with one attached hydrogen (secondary N) is 1. The van der Waals surface area contributed by atoms with Crippen LogP contribution in [0.2, 0.25) is 10.0 Å². The van der Waals surface area contributed by atoms with Gasteiger partial charge in [-0.2, -0.15) is 0 Å². The van der Waals surface area contributed by atoms with Crippen LogP contribution in [0.3, 0.4) is 0 Å². The molecule has 1 unspecified atom stereocenters. The summed E-state index contributed by atoms with van der Waals surface area (Å²) in [6.45, 7) is 1.61. The normalized spacial score (nSPS) is 20.2. The Labute approximate surface area is 198 Å². The van der Waals surface area contributed by atoms with Gasteiger partial charge in [0.15, 0.2) is 0 Å². The summed E-state index contributed by atoms with van der Waals surface area (Å²) in [5.74, 6) is 0.654.